The fourth-order valence-corrected chi connectivity index (χ4v) is 2.03. The van der Waals surface area contributed by atoms with Crippen LogP contribution in [0.25, 0.3) is 10.6 Å². The van der Waals surface area contributed by atoms with Gasteiger partial charge in [0.15, 0.2) is 0 Å². The molecular weight excluding hydrogens is 330 g/mol. The predicted octanol–water partition coefficient (Wildman–Crippen LogP) is 1.87. The van der Waals surface area contributed by atoms with Gasteiger partial charge in [-0.05, 0) is 0 Å². The van der Waals surface area contributed by atoms with Crippen molar-refractivity contribution in [3.63, 3.8) is 0 Å². The SMILES string of the molecule is C1=CC(C2CCCC[N-]2)[N-]CC1.O=[N+]([O-])C=C(O)O.[Cu+2].[OH3+]. The average Bonchev–Trinajstić information content (AvgIpc) is 2.40. The number of aliphatic hydroxyl groups is 2. The normalized spacial score (nSPS) is 23.4. The summed E-state index contributed by atoms with van der Waals surface area (Å²) < 4.78 is 0. The second-order valence-electron chi connectivity index (χ2n) is 4.36. The van der Waals surface area contributed by atoms with E-state index in [2.05, 4.69) is 22.8 Å². The molecule has 0 aromatic rings. The van der Waals surface area contributed by atoms with Crippen molar-refractivity contribution in [3.05, 3.63) is 45.0 Å². The first-order valence-electron chi connectivity index (χ1n) is 6.32. The molecule has 0 bridgehead atoms. The van der Waals surface area contributed by atoms with Crippen molar-refractivity contribution in [3.8, 4) is 0 Å². The van der Waals surface area contributed by atoms with Gasteiger partial charge < -0.3 is 26.3 Å². The zero-order valence-electron chi connectivity index (χ0n) is 11.6. The molecule has 2 aliphatic rings. The molecule has 0 spiro atoms. The van der Waals surface area contributed by atoms with Gasteiger partial charge in [-0.3, -0.25) is 10.1 Å². The molecule has 1 fully saturated rings. The maximum atomic E-state index is 9.22. The number of nitro groups is 1. The van der Waals surface area contributed by atoms with Gasteiger partial charge in [-0.15, -0.1) is 31.2 Å². The van der Waals surface area contributed by atoms with Crippen LogP contribution in [0.4, 0.5) is 0 Å². The van der Waals surface area contributed by atoms with Crippen molar-refractivity contribution in [2.45, 2.75) is 37.8 Å². The Balaban J connectivity index is 0. The Kier molecular flexibility index (Phi) is 13.3. The molecule has 2 heterocycles. The molecule has 0 aliphatic carbocycles. The van der Waals surface area contributed by atoms with Crippen molar-refractivity contribution in [1.82, 2.24) is 0 Å². The minimum absolute atomic E-state index is 0. The van der Waals surface area contributed by atoms with E-state index in [0.717, 1.165) is 19.5 Å². The summed E-state index contributed by atoms with van der Waals surface area (Å²) in [7, 11) is 0. The molecule has 5 N–H and O–H groups in total. The zero-order chi connectivity index (χ0) is 14.1. The smallest absolute Gasteiger partial charge is 0.660 e. The fourth-order valence-electron chi connectivity index (χ4n) is 2.03. The summed E-state index contributed by atoms with van der Waals surface area (Å²) >= 11 is 0. The Morgan fingerprint density at radius 2 is 2.00 bits per heavy atom. The van der Waals surface area contributed by atoms with E-state index in [4.69, 9.17) is 10.2 Å². The van der Waals surface area contributed by atoms with Crippen LogP contribution in [0.2, 0.25) is 0 Å². The van der Waals surface area contributed by atoms with Crippen molar-refractivity contribution < 1.29 is 37.7 Å². The second kappa shape index (κ2) is 12.6. The minimum Gasteiger partial charge on any atom is -0.660 e. The van der Waals surface area contributed by atoms with Crippen molar-refractivity contribution in [1.29, 1.82) is 0 Å². The maximum Gasteiger partial charge on any atom is 2.00 e. The molecule has 2 atom stereocenters. The Labute approximate surface area is 134 Å². The molecule has 0 amide bonds. The summed E-state index contributed by atoms with van der Waals surface area (Å²) in [6, 6.07) is 0.925. The number of piperidine rings is 1. The molecular formula is C12H22CuN3O5+. The minimum atomic E-state index is -1.29. The average molecular weight is 352 g/mol. The van der Waals surface area contributed by atoms with Gasteiger partial charge in [0.2, 0.25) is 0 Å². The van der Waals surface area contributed by atoms with Crippen LogP contribution in [0.5, 0.6) is 0 Å². The molecule has 0 aromatic heterocycles. The van der Waals surface area contributed by atoms with Gasteiger partial charge >= 0.3 is 29.2 Å². The molecule has 1 saturated heterocycles. The quantitative estimate of drug-likeness (QED) is 0.195. The molecule has 1 radical (unpaired) electrons. The molecule has 2 aliphatic heterocycles. The van der Waals surface area contributed by atoms with Crippen LogP contribution in [0.15, 0.2) is 24.3 Å². The van der Waals surface area contributed by atoms with Crippen LogP contribution in [0, 0.1) is 10.1 Å². The Bertz CT molecular complexity index is 342. The Morgan fingerprint density at radius 1 is 1.29 bits per heavy atom. The van der Waals surface area contributed by atoms with Gasteiger partial charge in [0.05, 0.1) is 4.92 Å². The van der Waals surface area contributed by atoms with E-state index >= 15 is 0 Å². The van der Waals surface area contributed by atoms with E-state index in [1.807, 2.05) is 0 Å². The summed E-state index contributed by atoms with van der Waals surface area (Å²) in [5.41, 5.74) is 0. The molecule has 125 valence electrons. The topological polar surface area (TPSA) is 145 Å². The number of hydrogen-bond acceptors (Lipinski definition) is 4. The van der Waals surface area contributed by atoms with Crippen LogP contribution in [-0.4, -0.2) is 40.3 Å². The van der Waals surface area contributed by atoms with Crippen molar-refractivity contribution in [2.24, 2.45) is 0 Å². The predicted molar refractivity (Wildman–Crippen MR) is 76.8 cm³/mol. The number of rotatable bonds is 2. The molecule has 21 heavy (non-hydrogen) atoms. The number of hydrogen-bond donors (Lipinski definition) is 2. The Hall–Kier alpha value is -1.12. The molecule has 2 rings (SSSR count). The van der Waals surface area contributed by atoms with Crippen LogP contribution in [0.1, 0.15) is 25.7 Å². The monoisotopic (exact) mass is 351 g/mol. The van der Waals surface area contributed by atoms with Crippen molar-refractivity contribution in [2.75, 3.05) is 13.1 Å². The summed E-state index contributed by atoms with van der Waals surface area (Å²) in [5, 5.41) is 33.8. The van der Waals surface area contributed by atoms with Gasteiger partial charge in [-0.25, -0.2) is 0 Å². The van der Waals surface area contributed by atoms with Crippen LogP contribution in [-0.2, 0) is 22.5 Å². The molecule has 0 saturated carbocycles. The van der Waals surface area contributed by atoms with E-state index in [-0.39, 0.29) is 28.7 Å². The number of nitrogens with zero attached hydrogens (tertiary/aromatic N) is 3. The van der Waals surface area contributed by atoms with E-state index in [0.29, 0.717) is 12.1 Å². The summed E-state index contributed by atoms with van der Waals surface area (Å²) in [5.74, 6) is -1.29. The Morgan fingerprint density at radius 3 is 2.38 bits per heavy atom. The fraction of sp³-hybridized carbons (Fsp3) is 0.667. The van der Waals surface area contributed by atoms with E-state index < -0.39 is 10.9 Å². The first-order valence-corrected chi connectivity index (χ1v) is 6.32. The third-order valence-corrected chi connectivity index (χ3v) is 2.86. The van der Waals surface area contributed by atoms with E-state index in [1.165, 1.54) is 19.3 Å². The second-order valence-corrected chi connectivity index (χ2v) is 4.36. The molecule has 2 unspecified atom stereocenters. The standard InChI is InChI=1S/C10H16N2.C2H3NO4.Cu.H2O/c1-3-7-11-9(5-1)10-6-2-4-8-12-10;4-2(5)1-3(6)7;;/h1,5,9-10H,2-4,6-8H2;1,4-5H;;1H2/q-2;;+2;/p+1. The first-order chi connectivity index (χ1) is 9.09. The third-order valence-electron chi connectivity index (χ3n) is 2.86. The van der Waals surface area contributed by atoms with Gasteiger partial charge in [0, 0.05) is 0 Å². The number of aliphatic hydroxyl groups excluding tert-OH is 1. The third kappa shape index (κ3) is 10.3. The zero-order valence-corrected chi connectivity index (χ0v) is 12.5. The van der Waals surface area contributed by atoms with E-state index in [1.54, 1.807) is 0 Å². The molecule has 8 nitrogen and oxygen atoms in total. The summed E-state index contributed by atoms with van der Waals surface area (Å²) in [6.07, 6.45) is 9.58. The summed E-state index contributed by atoms with van der Waals surface area (Å²) in [4.78, 5) is 8.26. The summed E-state index contributed by atoms with van der Waals surface area (Å²) in [6.45, 7) is 2.07. The van der Waals surface area contributed by atoms with Gasteiger partial charge in [0.1, 0.15) is 0 Å². The van der Waals surface area contributed by atoms with Crippen LogP contribution < -0.4 is 0 Å². The van der Waals surface area contributed by atoms with Gasteiger partial charge in [-0.1, -0.05) is 31.8 Å². The molecule has 0 aromatic carbocycles. The van der Waals surface area contributed by atoms with Gasteiger partial charge in [-0.2, -0.15) is 0 Å². The maximum absolute atomic E-state index is 9.22. The molecule has 9 heteroatoms. The van der Waals surface area contributed by atoms with Gasteiger partial charge in [0.25, 0.3) is 0 Å². The first kappa shape index (κ1) is 22.2. The van der Waals surface area contributed by atoms with E-state index in [9.17, 15) is 10.1 Å². The van der Waals surface area contributed by atoms with Crippen LogP contribution in [0.3, 0.4) is 0 Å². The van der Waals surface area contributed by atoms with Crippen molar-refractivity contribution >= 4 is 0 Å². The largest absolute Gasteiger partial charge is 2.00 e. The van der Waals surface area contributed by atoms with Crippen LogP contribution >= 0.6 is 0 Å².